The molecule has 0 aromatic heterocycles. The standard InChI is InChI=1S/C16H25NO3/c1-16(2,3)13-17(10-7-11-18)15(19)20-12-14-8-5-4-6-9-14/h4-6,8-9,18H,7,10-13H2,1-3H3. The lowest BCUT2D eigenvalue weighted by atomic mass is 9.96. The summed E-state index contributed by atoms with van der Waals surface area (Å²) in [6.45, 7) is 7.70. The normalized spacial score (nSPS) is 11.2. The van der Waals surface area contributed by atoms with E-state index in [9.17, 15) is 4.79 Å². The molecule has 0 aliphatic rings. The van der Waals surface area contributed by atoms with Crippen LogP contribution in [0.3, 0.4) is 0 Å². The Hall–Kier alpha value is -1.55. The van der Waals surface area contributed by atoms with Gasteiger partial charge in [0.25, 0.3) is 0 Å². The average Bonchev–Trinajstić information content (AvgIpc) is 2.40. The molecule has 0 saturated heterocycles. The molecule has 1 N–H and O–H groups in total. The molecule has 20 heavy (non-hydrogen) atoms. The lowest BCUT2D eigenvalue weighted by molar-refractivity contribution is 0.0807. The van der Waals surface area contributed by atoms with Crippen LogP contribution in [0.25, 0.3) is 0 Å². The van der Waals surface area contributed by atoms with Gasteiger partial charge in [0.2, 0.25) is 0 Å². The summed E-state index contributed by atoms with van der Waals surface area (Å²) in [6.07, 6.45) is 0.244. The predicted molar refractivity (Wildman–Crippen MR) is 79.4 cm³/mol. The van der Waals surface area contributed by atoms with Gasteiger partial charge in [0.1, 0.15) is 6.61 Å². The van der Waals surface area contributed by atoms with Gasteiger partial charge in [-0.3, -0.25) is 0 Å². The Morgan fingerprint density at radius 3 is 2.45 bits per heavy atom. The summed E-state index contributed by atoms with van der Waals surface area (Å²) in [7, 11) is 0. The minimum atomic E-state index is -0.322. The van der Waals surface area contributed by atoms with Gasteiger partial charge in [-0.1, -0.05) is 51.1 Å². The van der Waals surface area contributed by atoms with Crippen LogP contribution in [0.1, 0.15) is 32.8 Å². The van der Waals surface area contributed by atoms with E-state index in [1.807, 2.05) is 30.3 Å². The van der Waals surface area contributed by atoms with Crippen LogP contribution in [-0.2, 0) is 11.3 Å². The fourth-order valence-electron chi connectivity index (χ4n) is 1.88. The zero-order chi connectivity index (χ0) is 15.0. The molecule has 1 amide bonds. The van der Waals surface area contributed by atoms with Crippen molar-refractivity contribution in [1.29, 1.82) is 0 Å². The van der Waals surface area contributed by atoms with Gasteiger partial charge in [-0.05, 0) is 17.4 Å². The molecule has 0 aliphatic carbocycles. The Morgan fingerprint density at radius 1 is 1.25 bits per heavy atom. The Morgan fingerprint density at radius 2 is 1.90 bits per heavy atom. The van der Waals surface area contributed by atoms with E-state index in [1.165, 1.54) is 0 Å². The number of hydrogen-bond donors (Lipinski definition) is 1. The molecule has 4 heteroatoms. The number of aliphatic hydroxyl groups is 1. The maximum absolute atomic E-state index is 12.1. The van der Waals surface area contributed by atoms with E-state index >= 15 is 0 Å². The number of ether oxygens (including phenoxy) is 1. The van der Waals surface area contributed by atoms with Crippen LogP contribution < -0.4 is 0 Å². The summed E-state index contributed by atoms with van der Waals surface area (Å²) in [5, 5.41) is 8.92. The average molecular weight is 279 g/mol. The first kappa shape index (κ1) is 16.5. The largest absolute Gasteiger partial charge is 0.445 e. The first-order valence-electron chi connectivity index (χ1n) is 6.99. The van der Waals surface area contributed by atoms with Gasteiger partial charge in [0.15, 0.2) is 0 Å². The molecule has 112 valence electrons. The van der Waals surface area contributed by atoms with Gasteiger partial charge in [0.05, 0.1) is 0 Å². The van der Waals surface area contributed by atoms with Crippen molar-refractivity contribution in [3.8, 4) is 0 Å². The van der Waals surface area contributed by atoms with Gasteiger partial charge in [-0.2, -0.15) is 0 Å². The third kappa shape index (κ3) is 6.57. The van der Waals surface area contributed by atoms with Gasteiger partial charge in [-0.25, -0.2) is 4.79 Å². The van der Waals surface area contributed by atoms with E-state index in [0.29, 0.717) is 19.5 Å². The molecule has 0 atom stereocenters. The van der Waals surface area contributed by atoms with Crippen molar-refractivity contribution < 1.29 is 14.6 Å². The van der Waals surface area contributed by atoms with Crippen molar-refractivity contribution in [3.05, 3.63) is 35.9 Å². The van der Waals surface area contributed by atoms with E-state index in [1.54, 1.807) is 4.90 Å². The first-order chi connectivity index (χ1) is 9.42. The third-order valence-electron chi connectivity index (χ3n) is 2.71. The number of benzene rings is 1. The minimum absolute atomic E-state index is 0.00121. The van der Waals surface area contributed by atoms with Gasteiger partial charge in [0, 0.05) is 19.7 Å². The number of carbonyl (C=O) groups excluding carboxylic acids is 1. The molecule has 0 fully saturated rings. The van der Waals surface area contributed by atoms with Crippen LogP contribution in [-0.4, -0.2) is 35.8 Å². The molecule has 0 heterocycles. The SMILES string of the molecule is CC(C)(C)CN(CCCO)C(=O)OCc1ccccc1. The van der Waals surface area contributed by atoms with Crippen LogP contribution in [0.4, 0.5) is 4.79 Å². The highest BCUT2D eigenvalue weighted by molar-refractivity contribution is 5.67. The molecular formula is C16H25NO3. The van der Waals surface area contributed by atoms with Crippen LogP contribution in [0, 0.1) is 5.41 Å². The molecule has 0 unspecified atom stereocenters. The van der Waals surface area contributed by atoms with E-state index in [4.69, 9.17) is 9.84 Å². The van der Waals surface area contributed by atoms with E-state index < -0.39 is 0 Å². The van der Waals surface area contributed by atoms with Gasteiger partial charge < -0.3 is 14.7 Å². The predicted octanol–water partition coefficient (Wildman–Crippen LogP) is 3.05. The number of carbonyl (C=O) groups is 1. The topological polar surface area (TPSA) is 49.8 Å². The summed E-state index contributed by atoms with van der Waals surface area (Å²) in [4.78, 5) is 13.8. The number of nitrogens with zero attached hydrogens (tertiary/aromatic N) is 1. The molecule has 0 radical (unpaired) electrons. The summed E-state index contributed by atoms with van der Waals surface area (Å²) in [6, 6.07) is 9.62. The fraction of sp³-hybridized carbons (Fsp3) is 0.562. The second kappa shape index (κ2) is 7.90. The van der Waals surface area contributed by atoms with Crippen LogP contribution in [0.15, 0.2) is 30.3 Å². The number of hydrogen-bond acceptors (Lipinski definition) is 3. The molecule has 0 saturated carbocycles. The van der Waals surface area contributed by atoms with Crippen molar-refractivity contribution in [1.82, 2.24) is 4.90 Å². The zero-order valence-electron chi connectivity index (χ0n) is 12.6. The maximum Gasteiger partial charge on any atom is 0.410 e. The number of amides is 1. The Kier molecular flexibility index (Phi) is 6.52. The quantitative estimate of drug-likeness (QED) is 0.870. The second-order valence-electron chi connectivity index (χ2n) is 6.10. The van der Waals surface area contributed by atoms with E-state index in [2.05, 4.69) is 20.8 Å². The first-order valence-corrected chi connectivity index (χ1v) is 6.99. The highest BCUT2D eigenvalue weighted by Gasteiger charge is 2.21. The fourth-order valence-corrected chi connectivity index (χ4v) is 1.88. The molecular weight excluding hydrogens is 254 g/mol. The lowest BCUT2D eigenvalue weighted by Gasteiger charge is -2.29. The molecule has 1 aromatic carbocycles. The smallest absolute Gasteiger partial charge is 0.410 e. The molecule has 0 aliphatic heterocycles. The monoisotopic (exact) mass is 279 g/mol. The Labute approximate surface area is 121 Å². The van der Waals surface area contributed by atoms with Crippen molar-refractivity contribution in [2.24, 2.45) is 5.41 Å². The molecule has 0 bridgehead atoms. The lowest BCUT2D eigenvalue weighted by Crippen LogP contribution is -2.39. The Bertz CT molecular complexity index is 398. The molecule has 1 rings (SSSR count). The van der Waals surface area contributed by atoms with Gasteiger partial charge in [-0.15, -0.1) is 0 Å². The highest BCUT2D eigenvalue weighted by Crippen LogP contribution is 2.16. The van der Waals surface area contributed by atoms with Crippen LogP contribution >= 0.6 is 0 Å². The summed E-state index contributed by atoms with van der Waals surface area (Å²) in [5.41, 5.74) is 0.972. The summed E-state index contributed by atoms with van der Waals surface area (Å²) < 4.78 is 5.34. The van der Waals surface area contributed by atoms with Crippen LogP contribution in [0.5, 0.6) is 0 Å². The van der Waals surface area contributed by atoms with E-state index in [-0.39, 0.29) is 24.7 Å². The molecule has 0 spiro atoms. The minimum Gasteiger partial charge on any atom is -0.445 e. The highest BCUT2D eigenvalue weighted by atomic mass is 16.6. The summed E-state index contributed by atoms with van der Waals surface area (Å²) >= 11 is 0. The van der Waals surface area contributed by atoms with Crippen molar-refractivity contribution >= 4 is 6.09 Å². The maximum atomic E-state index is 12.1. The number of aliphatic hydroxyl groups excluding tert-OH is 1. The molecule has 4 nitrogen and oxygen atoms in total. The van der Waals surface area contributed by atoms with E-state index in [0.717, 1.165) is 5.56 Å². The molecule has 1 aromatic rings. The second-order valence-corrected chi connectivity index (χ2v) is 6.10. The summed E-state index contributed by atoms with van der Waals surface area (Å²) in [5.74, 6) is 0. The van der Waals surface area contributed by atoms with Gasteiger partial charge >= 0.3 is 6.09 Å². The van der Waals surface area contributed by atoms with Crippen LogP contribution in [0.2, 0.25) is 0 Å². The van der Waals surface area contributed by atoms with Crippen molar-refractivity contribution in [3.63, 3.8) is 0 Å². The Balaban J connectivity index is 2.54. The number of rotatable bonds is 6. The van der Waals surface area contributed by atoms with Crippen molar-refractivity contribution in [2.75, 3.05) is 19.7 Å². The third-order valence-corrected chi connectivity index (χ3v) is 2.71. The zero-order valence-corrected chi connectivity index (χ0v) is 12.6. The van der Waals surface area contributed by atoms with Crippen molar-refractivity contribution in [2.45, 2.75) is 33.8 Å².